The zero-order valence-electron chi connectivity index (χ0n) is 15.1. The maximum Gasteiger partial charge on any atom is 0.161 e. The minimum atomic E-state index is 0.689. The van der Waals surface area contributed by atoms with E-state index in [0.29, 0.717) is 17.2 Å². The molecule has 2 aromatic carbocycles. The van der Waals surface area contributed by atoms with Crippen molar-refractivity contribution in [3.8, 4) is 23.0 Å². The third-order valence-electron chi connectivity index (χ3n) is 4.40. The van der Waals surface area contributed by atoms with Gasteiger partial charge >= 0.3 is 0 Å². The molecule has 1 aliphatic rings. The summed E-state index contributed by atoms with van der Waals surface area (Å²) in [4.78, 5) is 4.82. The van der Waals surface area contributed by atoms with Gasteiger partial charge in [0, 0.05) is 17.7 Å². The average molecular weight is 341 g/mol. The van der Waals surface area contributed by atoms with E-state index in [1.165, 1.54) is 5.56 Å². The van der Waals surface area contributed by atoms with E-state index in [1.54, 1.807) is 28.4 Å². The molecule has 0 fully saturated rings. The highest BCUT2D eigenvalue weighted by molar-refractivity contribution is 6.14. The second-order valence-electron chi connectivity index (χ2n) is 5.77. The third kappa shape index (κ3) is 3.27. The first-order valence-corrected chi connectivity index (χ1v) is 8.24. The van der Waals surface area contributed by atoms with Crippen LogP contribution in [0.15, 0.2) is 35.3 Å². The van der Waals surface area contributed by atoms with Crippen LogP contribution in [-0.2, 0) is 6.42 Å². The van der Waals surface area contributed by atoms with Gasteiger partial charge in [-0.15, -0.1) is 0 Å². The first-order valence-electron chi connectivity index (χ1n) is 8.24. The van der Waals surface area contributed by atoms with Gasteiger partial charge in [-0.2, -0.15) is 0 Å². The van der Waals surface area contributed by atoms with Gasteiger partial charge in [-0.3, -0.25) is 4.99 Å². The zero-order valence-corrected chi connectivity index (χ0v) is 15.1. The number of aliphatic imine (C=N–C) groups is 1. The number of fused-ring (bicyclic) bond motifs is 1. The lowest BCUT2D eigenvalue weighted by Gasteiger charge is -2.16. The highest BCUT2D eigenvalue weighted by atomic mass is 16.5. The Bertz CT molecular complexity index is 799. The molecule has 0 saturated heterocycles. The van der Waals surface area contributed by atoms with Crippen molar-refractivity contribution in [2.24, 2.45) is 4.99 Å². The lowest BCUT2D eigenvalue weighted by Crippen LogP contribution is -2.07. The monoisotopic (exact) mass is 341 g/mol. The van der Waals surface area contributed by atoms with Gasteiger partial charge in [-0.05, 0) is 48.7 Å². The molecular formula is C20H23NO4. The van der Waals surface area contributed by atoms with Gasteiger partial charge in [-0.1, -0.05) is 0 Å². The summed E-state index contributed by atoms with van der Waals surface area (Å²) >= 11 is 0. The lowest BCUT2D eigenvalue weighted by atomic mass is 9.95. The highest BCUT2D eigenvalue weighted by Gasteiger charge is 2.20. The molecule has 0 bridgehead atoms. The fraction of sp³-hybridized carbons (Fsp3) is 0.350. The standard InChI is InChI=1S/C20H23NO4/c1-22-16-8-7-14(11-17(16)23-2)20-15-12-19(25-4)18(24-3)10-13(15)6-5-9-21-20/h7-8,10-12H,5-6,9H2,1-4H3. The number of nitrogens with zero attached hydrogens (tertiary/aromatic N) is 1. The van der Waals surface area contributed by atoms with Crippen LogP contribution in [0.1, 0.15) is 23.1 Å². The van der Waals surface area contributed by atoms with Gasteiger partial charge in [0.05, 0.1) is 34.2 Å². The van der Waals surface area contributed by atoms with Crippen LogP contribution >= 0.6 is 0 Å². The molecular weight excluding hydrogens is 318 g/mol. The summed E-state index contributed by atoms with van der Waals surface area (Å²) < 4.78 is 21.7. The van der Waals surface area contributed by atoms with Crippen molar-refractivity contribution in [2.45, 2.75) is 12.8 Å². The Labute approximate surface area is 148 Å². The largest absolute Gasteiger partial charge is 0.493 e. The molecule has 0 unspecified atom stereocenters. The summed E-state index contributed by atoms with van der Waals surface area (Å²) in [6, 6.07) is 9.93. The molecule has 3 rings (SSSR count). The molecule has 0 aromatic heterocycles. The van der Waals surface area contributed by atoms with Crippen molar-refractivity contribution in [3.63, 3.8) is 0 Å². The number of aryl methyl sites for hydroxylation is 1. The van der Waals surface area contributed by atoms with Crippen LogP contribution < -0.4 is 18.9 Å². The van der Waals surface area contributed by atoms with E-state index in [-0.39, 0.29) is 0 Å². The van der Waals surface area contributed by atoms with Gasteiger partial charge in [0.15, 0.2) is 23.0 Å². The van der Waals surface area contributed by atoms with E-state index in [0.717, 1.165) is 42.0 Å². The molecule has 1 aliphatic heterocycles. The number of hydrogen-bond donors (Lipinski definition) is 0. The van der Waals surface area contributed by atoms with E-state index >= 15 is 0 Å². The predicted octanol–water partition coefficient (Wildman–Crippen LogP) is 3.50. The molecule has 0 spiro atoms. The van der Waals surface area contributed by atoms with Crippen LogP contribution in [-0.4, -0.2) is 40.7 Å². The van der Waals surface area contributed by atoms with Crippen LogP contribution in [0, 0.1) is 0 Å². The Balaban J connectivity index is 2.14. The first-order chi connectivity index (χ1) is 12.2. The van der Waals surface area contributed by atoms with Gasteiger partial charge in [0.25, 0.3) is 0 Å². The Morgan fingerprint density at radius 2 is 1.40 bits per heavy atom. The molecule has 2 aromatic rings. The molecule has 0 aliphatic carbocycles. The second-order valence-corrected chi connectivity index (χ2v) is 5.77. The van der Waals surface area contributed by atoms with Crippen molar-refractivity contribution in [3.05, 3.63) is 47.0 Å². The summed E-state index contributed by atoms with van der Waals surface area (Å²) in [5, 5.41) is 0. The topological polar surface area (TPSA) is 49.3 Å². The van der Waals surface area contributed by atoms with Gasteiger partial charge in [0.2, 0.25) is 0 Å². The van der Waals surface area contributed by atoms with Crippen molar-refractivity contribution >= 4 is 5.71 Å². The molecule has 5 heteroatoms. The molecule has 132 valence electrons. The molecule has 0 atom stereocenters. The van der Waals surface area contributed by atoms with Crippen molar-refractivity contribution in [1.82, 2.24) is 0 Å². The number of methoxy groups -OCH3 is 4. The van der Waals surface area contributed by atoms with Crippen LogP contribution in [0.4, 0.5) is 0 Å². The maximum absolute atomic E-state index is 5.48. The van der Waals surface area contributed by atoms with Crippen LogP contribution in [0.5, 0.6) is 23.0 Å². The van der Waals surface area contributed by atoms with Crippen LogP contribution in [0.25, 0.3) is 0 Å². The fourth-order valence-electron chi connectivity index (χ4n) is 3.12. The normalized spacial score (nSPS) is 13.4. The summed E-state index contributed by atoms with van der Waals surface area (Å²) in [5.74, 6) is 2.84. The third-order valence-corrected chi connectivity index (χ3v) is 4.40. The van der Waals surface area contributed by atoms with Gasteiger partial charge in [0.1, 0.15) is 0 Å². The summed E-state index contributed by atoms with van der Waals surface area (Å²) in [6.45, 7) is 0.781. The van der Waals surface area contributed by atoms with E-state index in [1.807, 2.05) is 24.3 Å². The van der Waals surface area contributed by atoms with E-state index in [9.17, 15) is 0 Å². The minimum Gasteiger partial charge on any atom is -0.493 e. The smallest absolute Gasteiger partial charge is 0.161 e. The van der Waals surface area contributed by atoms with Crippen molar-refractivity contribution < 1.29 is 18.9 Å². The van der Waals surface area contributed by atoms with Crippen LogP contribution in [0.3, 0.4) is 0 Å². The fourth-order valence-corrected chi connectivity index (χ4v) is 3.12. The Kier molecular flexibility index (Phi) is 5.12. The molecule has 0 N–H and O–H groups in total. The zero-order chi connectivity index (χ0) is 17.8. The number of benzene rings is 2. The van der Waals surface area contributed by atoms with E-state index in [4.69, 9.17) is 23.9 Å². The van der Waals surface area contributed by atoms with Crippen molar-refractivity contribution in [1.29, 1.82) is 0 Å². The molecule has 25 heavy (non-hydrogen) atoms. The molecule has 0 saturated carbocycles. The average Bonchev–Trinajstić information content (AvgIpc) is 2.87. The molecule has 0 amide bonds. The van der Waals surface area contributed by atoms with E-state index in [2.05, 4.69) is 6.07 Å². The van der Waals surface area contributed by atoms with E-state index < -0.39 is 0 Å². The first kappa shape index (κ1) is 17.1. The second kappa shape index (κ2) is 7.47. The summed E-state index contributed by atoms with van der Waals surface area (Å²) in [5.41, 5.74) is 4.22. The Hall–Kier alpha value is -2.69. The number of hydrogen-bond acceptors (Lipinski definition) is 5. The van der Waals surface area contributed by atoms with Gasteiger partial charge < -0.3 is 18.9 Å². The summed E-state index contributed by atoms with van der Waals surface area (Å²) in [6.07, 6.45) is 1.95. The molecule has 0 radical (unpaired) electrons. The van der Waals surface area contributed by atoms with Crippen LogP contribution in [0.2, 0.25) is 0 Å². The highest BCUT2D eigenvalue weighted by Crippen LogP contribution is 2.35. The maximum atomic E-state index is 5.48. The quantitative estimate of drug-likeness (QED) is 0.835. The molecule has 5 nitrogen and oxygen atoms in total. The predicted molar refractivity (Wildman–Crippen MR) is 97.9 cm³/mol. The number of rotatable bonds is 5. The Morgan fingerprint density at radius 3 is 2.08 bits per heavy atom. The summed E-state index contributed by atoms with van der Waals surface area (Å²) in [7, 11) is 6.57. The SMILES string of the molecule is COc1ccc(C2=NCCCc3cc(OC)c(OC)cc32)cc1OC. The number of ether oxygens (including phenoxy) is 4. The van der Waals surface area contributed by atoms with Crippen molar-refractivity contribution in [2.75, 3.05) is 35.0 Å². The van der Waals surface area contributed by atoms with Gasteiger partial charge in [-0.25, -0.2) is 0 Å². The molecule has 1 heterocycles. The minimum absolute atomic E-state index is 0.689. The lowest BCUT2D eigenvalue weighted by molar-refractivity contribution is 0.354. The Morgan fingerprint density at radius 1 is 0.760 bits per heavy atom.